The molecule has 0 fully saturated rings. The molecule has 1 aromatic rings. The third-order valence-corrected chi connectivity index (χ3v) is 4.23. The van der Waals surface area contributed by atoms with Crippen LogP contribution in [0.15, 0.2) is 18.2 Å². The summed E-state index contributed by atoms with van der Waals surface area (Å²) in [5, 5.41) is 4.29. The van der Waals surface area contributed by atoms with Crippen LogP contribution in [-0.2, 0) is 6.54 Å². The normalized spacial score (nSPS) is 11.7. The Bertz CT molecular complexity index is 402. The molecule has 0 aliphatic heterocycles. The molecule has 1 aromatic carbocycles. The molecule has 0 aliphatic carbocycles. The van der Waals surface area contributed by atoms with Crippen molar-refractivity contribution in [1.82, 2.24) is 5.32 Å². The summed E-state index contributed by atoms with van der Waals surface area (Å²) in [6.45, 7) is 10.8. The molecule has 3 heteroatoms. The van der Waals surface area contributed by atoms with Crippen LogP contribution in [0.1, 0.15) is 46.1 Å². The molecule has 0 atom stereocenters. The monoisotopic (exact) mass is 282 g/mol. The molecule has 0 saturated heterocycles. The first-order valence-electron chi connectivity index (χ1n) is 7.16. The van der Waals surface area contributed by atoms with Gasteiger partial charge in [-0.3, -0.25) is 0 Å². The molecule has 1 rings (SSSR count). The Morgan fingerprint density at radius 2 is 1.95 bits per heavy atom. The van der Waals surface area contributed by atoms with Gasteiger partial charge in [0, 0.05) is 19.1 Å². The van der Waals surface area contributed by atoms with Gasteiger partial charge in [0.2, 0.25) is 0 Å². The lowest BCUT2D eigenvalue weighted by Crippen LogP contribution is -2.41. The first-order valence-corrected chi connectivity index (χ1v) is 7.53. The molecule has 108 valence electrons. The van der Waals surface area contributed by atoms with Crippen LogP contribution < -0.4 is 10.2 Å². The van der Waals surface area contributed by atoms with Gasteiger partial charge in [0.25, 0.3) is 0 Å². The van der Waals surface area contributed by atoms with E-state index in [-0.39, 0.29) is 5.54 Å². The maximum atomic E-state index is 6.43. The van der Waals surface area contributed by atoms with Crippen LogP contribution in [0, 0.1) is 0 Å². The molecule has 0 heterocycles. The molecule has 0 unspecified atom stereocenters. The van der Waals surface area contributed by atoms with Crippen molar-refractivity contribution in [2.45, 2.75) is 52.6 Å². The number of nitrogens with zero attached hydrogens (tertiary/aromatic N) is 1. The highest BCUT2D eigenvalue weighted by molar-refractivity contribution is 6.33. The van der Waals surface area contributed by atoms with Crippen LogP contribution in [-0.4, -0.2) is 19.1 Å². The van der Waals surface area contributed by atoms with E-state index in [0.29, 0.717) is 0 Å². The van der Waals surface area contributed by atoms with Gasteiger partial charge >= 0.3 is 0 Å². The lowest BCUT2D eigenvalue weighted by molar-refractivity contribution is 0.469. The summed E-state index contributed by atoms with van der Waals surface area (Å²) in [5.74, 6) is 0. The van der Waals surface area contributed by atoms with E-state index < -0.39 is 0 Å². The number of nitrogens with one attached hydrogen (secondary N) is 1. The number of hydrogen-bond donors (Lipinski definition) is 1. The molecule has 0 radical (unpaired) electrons. The fourth-order valence-electron chi connectivity index (χ4n) is 2.02. The van der Waals surface area contributed by atoms with E-state index in [0.717, 1.165) is 36.6 Å². The molecule has 0 aliphatic rings. The molecule has 0 bridgehead atoms. The summed E-state index contributed by atoms with van der Waals surface area (Å²) in [5.41, 5.74) is 2.52. The van der Waals surface area contributed by atoms with Crippen LogP contribution in [0.25, 0.3) is 0 Å². The Morgan fingerprint density at radius 3 is 2.53 bits per heavy atom. The summed E-state index contributed by atoms with van der Waals surface area (Å²) in [6, 6.07) is 6.16. The number of hydrogen-bond acceptors (Lipinski definition) is 2. The predicted molar refractivity (Wildman–Crippen MR) is 86.2 cm³/mol. The Balaban J connectivity index is 3.03. The van der Waals surface area contributed by atoms with Gasteiger partial charge in [-0.15, -0.1) is 0 Å². The van der Waals surface area contributed by atoms with Crippen LogP contribution in [0.3, 0.4) is 0 Å². The van der Waals surface area contributed by atoms with E-state index in [1.807, 2.05) is 12.1 Å². The molecule has 0 aromatic heterocycles. The zero-order chi connectivity index (χ0) is 14.5. The molecule has 0 saturated carbocycles. The maximum Gasteiger partial charge on any atom is 0.0642 e. The van der Waals surface area contributed by atoms with Crippen molar-refractivity contribution in [3.8, 4) is 0 Å². The van der Waals surface area contributed by atoms with Gasteiger partial charge in [0.1, 0.15) is 0 Å². The van der Waals surface area contributed by atoms with Crippen molar-refractivity contribution in [3.05, 3.63) is 28.8 Å². The molecule has 1 N–H and O–H groups in total. The van der Waals surface area contributed by atoms with Gasteiger partial charge in [-0.25, -0.2) is 0 Å². The predicted octanol–water partition coefficient (Wildman–Crippen LogP) is 4.46. The van der Waals surface area contributed by atoms with Crippen LogP contribution in [0.2, 0.25) is 5.02 Å². The minimum atomic E-state index is 0.102. The van der Waals surface area contributed by atoms with Crippen molar-refractivity contribution in [1.29, 1.82) is 0 Å². The molecule has 0 amide bonds. The minimum absolute atomic E-state index is 0.102. The second kappa shape index (κ2) is 7.16. The second-order valence-electron chi connectivity index (χ2n) is 5.65. The zero-order valence-electron chi connectivity index (χ0n) is 12.9. The number of anilines is 1. The van der Waals surface area contributed by atoms with Crippen molar-refractivity contribution in [2.24, 2.45) is 0 Å². The number of rotatable bonds is 7. The highest BCUT2D eigenvalue weighted by Gasteiger charge is 2.24. The molecule has 2 nitrogen and oxygen atoms in total. The topological polar surface area (TPSA) is 15.3 Å². The average molecular weight is 283 g/mol. The Hall–Kier alpha value is -0.730. The molecular formula is C16H27ClN2. The average Bonchev–Trinajstić information content (AvgIpc) is 2.38. The first kappa shape index (κ1) is 16.3. The van der Waals surface area contributed by atoms with Crippen LogP contribution >= 0.6 is 11.6 Å². The fourth-order valence-corrected chi connectivity index (χ4v) is 2.34. The van der Waals surface area contributed by atoms with Gasteiger partial charge in [0.05, 0.1) is 10.7 Å². The van der Waals surface area contributed by atoms with Crippen LogP contribution in [0.4, 0.5) is 5.69 Å². The van der Waals surface area contributed by atoms with E-state index in [1.54, 1.807) is 0 Å². The van der Waals surface area contributed by atoms with Crippen molar-refractivity contribution < 1.29 is 0 Å². The van der Waals surface area contributed by atoms with Gasteiger partial charge in [-0.1, -0.05) is 37.6 Å². The number of para-hydroxylation sites is 1. The standard InChI is InChI=1S/C16H27ClN2/c1-6-11-18-12-13-9-8-10-14(17)15(13)19(5)16(3,4)7-2/h8-10,18H,6-7,11-12H2,1-5H3. The molecule has 19 heavy (non-hydrogen) atoms. The quantitative estimate of drug-likeness (QED) is 0.743. The lowest BCUT2D eigenvalue weighted by atomic mass is 9.98. The van der Waals surface area contributed by atoms with Gasteiger partial charge in [-0.2, -0.15) is 0 Å². The smallest absolute Gasteiger partial charge is 0.0642 e. The number of benzene rings is 1. The molecule has 0 spiro atoms. The van der Waals surface area contributed by atoms with E-state index in [9.17, 15) is 0 Å². The van der Waals surface area contributed by atoms with Crippen molar-refractivity contribution in [3.63, 3.8) is 0 Å². The van der Waals surface area contributed by atoms with E-state index in [1.165, 1.54) is 5.56 Å². The first-order chi connectivity index (χ1) is 8.94. The molecular weight excluding hydrogens is 256 g/mol. The Kier molecular flexibility index (Phi) is 6.15. The van der Waals surface area contributed by atoms with Gasteiger partial charge in [-0.05, 0) is 44.9 Å². The van der Waals surface area contributed by atoms with Crippen molar-refractivity contribution in [2.75, 3.05) is 18.5 Å². The Morgan fingerprint density at radius 1 is 1.26 bits per heavy atom. The van der Waals surface area contributed by atoms with Gasteiger partial charge in [0.15, 0.2) is 0 Å². The zero-order valence-corrected chi connectivity index (χ0v) is 13.6. The maximum absolute atomic E-state index is 6.43. The van der Waals surface area contributed by atoms with Crippen molar-refractivity contribution >= 4 is 17.3 Å². The van der Waals surface area contributed by atoms with E-state index in [2.05, 4.69) is 51.0 Å². The number of halogens is 1. The summed E-state index contributed by atoms with van der Waals surface area (Å²) in [7, 11) is 2.13. The fraction of sp³-hybridized carbons (Fsp3) is 0.625. The summed E-state index contributed by atoms with van der Waals surface area (Å²) >= 11 is 6.43. The minimum Gasteiger partial charge on any atom is -0.368 e. The Labute approximate surface area is 123 Å². The third-order valence-electron chi connectivity index (χ3n) is 3.92. The highest BCUT2D eigenvalue weighted by atomic mass is 35.5. The summed E-state index contributed by atoms with van der Waals surface area (Å²) < 4.78 is 0. The SMILES string of the molecule is CCCNCc1cccc(Cl)c1N(C)C(C)(C)CC. The summed E-state index contributed by atoms with van der Waals surface area (Å²) in [4.78, 5) is 2.30. The van der Waals surface area contributed by atoms with E-state index >= 15 is 0 Å². The highest BCUT2D eigenvalue weighted by Crippen LogP contribution is 2.34. The van der Waals surface area contributed by atoms with E-state index in [4.69, 9.17) is 11.6 Å². The van der Waals surface area contributed by atoms with Crippen LogP contribution in [0.5, 0.6) is 0 Å². The second-order valence-corrected chi connectivity index (χ2v) is 6.06. The van der Waals surface area contributed by atoms with Gasteiger partial charge < -0.3 is 10.2 Å². The largest absolute Gasteiger partial charge is 0.368 e. The lowest BCUT2D eigenvalue weighted by Gasteiger charge is -2.38. The third kappa shape index (κ3) is 4.12. The summed E-state index contributed by atoms with van der Waals surface area (Å²) in [6.07, 6.45) is 2.22.